The van der Waals surface area contributed by atoms with E-state index in [2.05, 4.69) is 15.9 Å². The third-order valence-electron chi connectivity index (χ3n) is 3.16. The van der Waals surface area contributed by atoms with Gasteiger partial charge in [0, 0.05) is 17.9 Å². The van der Waals surface area contributed by atoms with Crippen LogP contribution in [-0.2, 0) is 0 Å². The summed E-state index contributed by atoms with van der Waals surface area (Å²) >= 11 is 4.99. The number of carbonyl (C=O) groups excluding carboxylic acids is 1. The molecule has 1 aliphatic carbocycles. The topological polar surface area (TPSA) is 20.3 Å². The summed E-state index contributed by atoms with van der Waals surface area (Å²) in [5.74, 6) is 0.219. The van der Waals surface area contributed by atoms with Crippen LogP contribution >= 0.6 is 27.3 Å². The zero-order valence-corrected chi connectivity index (χ0v) is 11.8. The molecule has 1 aliphatic rings. The normalized spacial score (nSPS) is 15.9. The minimum atomic E-state index is 0.219. The molecule has 0 bridgehead atoms. The number of aryl methyl sites for hydroxylation is 1. The molecule has 4 heteroatoms. The minimum absolute atomic E-state index is 0.219. The fourth-order valence-electron chi connectivity index (χ4n) is 1.96. The van der Waals surface area contributed by atoms with Crippen LogP contribution in [-0.4, -0.2) is 28.7 Å². The van der Waals surface area contributed by atoms with Crippen LogP contribution in [0.1, 0.15) is 34.5 Å². The van der Waals surface area contributed by atoms with Gasteiger partial charge in [-0.25, -0.2) is 0 Å². The van der Waals surface area contributed by atoms with Gasteiger partial charge in [0.05, 0.1) is 4.88 Å². The smallest absolute Gasteiger partial charge is 0.264 e. The van der Waals surface area contributed by atoms with E-state index < -0.39 is 0 Å². The number of carbonyl (C=O) groups is 1. The van der Waals surface area contributed by atoms with Crippen molar-refractivity contribution in [2.45, 2.75) is 32.2 Å². The van der Waals surface area contributed by atoms with Gasteiger partial charge in [0.25, 0.3) is 5.91 Å². The molecule has 1 amide bonds. The highest BCUT2D eigenvalue weighted by Crippen LogP contribution is 2.28. The maximum absolute atomic E-state index is 12.4. The second-order valence-corrected chi connectivity index (χ2v) is 5.91. The number of halogens is 1. The molecule has 0 unspecified atom stereocenters. The lowest BCUT2D eigenvalue weighted by molar-refractivity contribution is 0.0604. The first-order chi connectivity index (χ1) is 7.74. The number of amides is 1. The molecule has 0 N–H and O–H groups in total. The van der Waals surface area contributed by atoms with E-state index in [1.54, 1.807) is 11.3 Å². The molecule has 88 valence electrons. The average molecular weight is 302 g/mol. The van der Waals surface area contributed by atoms with E-state index in [9.17, 15) is 4.79 Å². The summed E-state index contributed by atoms with van der Waals surface area (Å²) in [6.45, 7) is 2.83. The number of thiophene rings is 1. The Bertz CT molecular complexity index is 373. The summed E-state index contributed by atoms with van der Waals surface area (Å²) in [6.07, 6.45) is 3.60. The number of alkyl halides is 1. The fraction of sp³-hybridized carbons (Fsp3) is 0.583. The quantitative estimate of drug-likeness (QED) is 0.780. The third kappa shape index (κ3) is 2.33. The SMILES string of the molecule is Cc1ccsc1C(=O)N(CCBr)C1CCC1. The zero-order chi connectivity index (χ0) is 11.5. The van der Waals surface area contributed by atoms with Crippen molar-refractivity contribution in [1.29, 1.82) is 0 Å². The van der Waals surface area contributed by atoms with Crippen molar-refractivity contribution in [2.75, 3.05) is 11.9 Å². The van der Waals surface area contributed by atoms with Crippen LogP contribution < -0.4 is 0 Å². The van der Waals surface area contributed by atoms with Crippen molar-refractivity contribution in [1.82, 2.24) is 4.90 Å². The molecule has 2 rings (SSSR count). The average Bonchev–Trinajstić information content (AvgIpc) is 2.60. The van der Waals surface area contributed by atoms with Crippen LogP contribution in [0.2, 0.25) is 0 Å². The molecule has 1 aromatic rings. The van der Waals surface area contributed by atoms with Crippen molar-refractivity contribution < 1.29 is 4.79 Å². The molecule has 1 aromatic heterocycles. The lowest BCUT2D eigenvalue weighted by Crippen LogP contribution is -2.45. The first kappa shape index (κ1) is 12.1. The second kappa shape index (κ2) is 5.32. The second-order valence-electron chi connectivity index (χ2n) is 4.20. The molecular weight excluding hydrogens is 286 g/mol. The van der Waals surface area contributed by atoms with Crippen LogP contribution in [0.4, 0.5) is 0 Å². The summed E-state index contributed by atoms with van der Waals surface area (Å²) in [5.41, 5.74) is 1.11. The number of nitrogens with zero attached hydrogens (tertiary/aromatic N) is 1. The Morgan fingerprint density at radius 2 is 2.38 bits per heavy atom. The van der Waals surface area contributed by atoms with Gasteiger partial charge < -0.3 is 4.90 Å². The lowest BCUT2D eigenvalue weighted by atomic mass is 9.91. The highest BCUT2D eigenvalue weighted by molar-refractivity contribution is 9.09. The molecule has 0 atom stereocenters. The fourth-order valence-corrected chi connectivity index (χ4v) is 3.22. The van der Waals surface area contributed by atoms with Crippen LogP contribution in [0.3, 0.4) is 0 Å². The molecule has 0 saturated heterocycles. The largest absolute Gasteiger partial charge is 0.334 e. The Kier molecular flexibility index (Phi) is 4.03. The van der Waals surface area contributed by atoms with Gasteiger partial charge in [-0.2, -0.15) is 0 Å². The van der Waals surface area contributed by atoms with Crippen LogP contribution in [0.25, 0.3) is 0 Å². The van der Waals surface area contributed by atoms with E-state index in [0.717, 1.165) is 22.3 Å². The van der Waals surface area contributed by atoms with Gasteiger partial charge in [-0.1, -0.05) is 15.9 Å². The lowest BCUT2D eigenvalue weighted by Gasteiger charge is -2.37. The van der Waals surface area contributed by atoms with Gasteiger partial charge >= 0.3 is 0 Å². The van der Waals surface area contributed by atoms with E-state index in [1.807, 2.05) is 23.3 Å². The van der Waals surface area contributed by atoms with Gasteiger partial charge in [-0.3, -0.25) is 4.79 Å². The van der Waals surface area contributed by atoms with Crippen molar-refractivity contribution >= 4 is 33.2 Å². The number of rotatable bonds is 4. The van der Waals surface area contributed by atoms with Crippen molar-refractivity contribution in [3.63, 3.8) is 0 Å². The standard InChI is InChI=1S/C12H16BrNOS/c1-9-5-8-16-11(9)12(15)14(7-6-13)10-3-2-4-10/h5,8,10H,2-4,6-7H2,1H3. The van der Waals surface area contributed by atoms with Crippen molar-refractivity contribution in [2.24, 2.45) is 0 Å². The maximum atomic E-state index is 12.4. The summed E-state index contributed by atoms with van der Waals surface area (Å²) in [6, 6.07) is 2.50. The molecule has 0 spiro atoms. The van der Waals surface area contributed by atoms with Gasteiger partial charge in [0.1, 0.15) is 0 Å². The Hall–Kier alpha value is -0.350. The summed E-state index contributed by atoms with van der Waals surface area (Å²) in [5, 5.41) is 2.86. The predicted molar refractivity (Wildman–Crippen MR) is 71.5 cm³/mol. The third-order valence-corrected chi connectivity index (χ3v) is 4.52. The first-order valence-electron chi connectivity index (χ1n) is 5.65. The Morgan fingerprint density at radius 1 is 1.62 bits per heavy atom. The summed E-state index contributed by atoms with van der Waals surface area (Å²) < 4.78 is 0. The molecule has 2 nitrogen and oxygen atoms in total. The number of hydrogen-bond donors (Lipinski definition) is 0. The maximum Gasteiger partial charge on any atom is 0.264 e. The predicted octanol–water partition coefficient (Wildman–Crippen LogP) is 3.45. The Morgan fingerprint density at radius 3 is 2.81 bits per heavy atom. The Balaban J connectivity index is 2.13. The van der Waals surface area contributed by atoms with Gasteiger partial charge in [-0.15, -0.1) is 11.3 Å². The van der Waals surface area contributed by atoms with E-state index in [0.29, 0.717) is 6.04 Å². The Labute approximate surface area is 109 Å². The van der Waals surface area contributed by atoms with Crippen molar-refractivity contribution in [3.8, 4) is 0 Å². The van der Waals surface area contributed by atoms with Gasteiger partial charge in [-0.05, 0) is 43.2 Å². The van der Waals surface area contributed by atoms with Crippen LogP contribution in [0, 0.1) is 6.92 Å². The minimum Gasteiger partial charge on any atom is -0.334 e. The molecule has 16 heavy (non-hydrogen) atoms. The van der Waals surface area contributed by atoms with E-state index in [4.69, 9.17) is 0 Å². The van der Waals surface area contributed by atoms with E-state index in [-0.39, 0.29) is 5.91 Å². The summed E-state index contributed by atoms with van der Waals surface area (Å²) in [4.78, 5) is 15.3. The molecule has 1 saturated carbocycles. The highest BCUT2D eigenvalue weighted by Gasteiger charge is 2.29. The zero-order valence-electron chi connectivity index (χ0n) is 9.41. The van der Waals surface area contributed by atoms with Crippen LogP contribution in [0.5, 0.6) is 0 Å². The van der Waals surface area contributed by atoms with E-state index >= 15 is 0 Å². The monoisotopic (exact) mass is 301 g/mol. The van der Waals surface area contributed by atoms with Gasteiger partial charge in [0.2, 0.25) is 0 Å². The molecule has 1 heterocycles. The van der Waals surface area contributed by atoms with Crippen LogP contribution in [0.15, 0.2) is 11.4 Å². The van der Waals surface area contributed by atoms with Crippen molar-refractivity contribution in [3.05, 3.63) is 21.9 Å². The number of hydrogen-bond acceptors (Lipinski definition) is 2. The summed E-state index contributed by atoms with van der Waals surface area (Å²) in [7, 11) is 0. The molecule has 1 fully saturated rings. The molecule has 0 aliphatic heterocycles. The highest BCUT2D eigenvalue weighted by atomic mass is 79.9. The van der Waals surface area contributed by atoms with E-state index in [1.165, 1.54) is 19.3 Å². The molecular formula is C12H16BrNOS. The van der Waals surface area contributed by atoms with Gasteiger partial charge in [0.15, 0.2) is 0 Å². The molecule has 0 aromatic carbocycles. The molecule has 0 radical (unpaired) electrons. The first-order valence-corrected chi connectivity index (χ1v) is 7.65.